The van der Waals surface area contributed by atoms with Gasteiger partial charge in [-0.05, 0) is 55.5 Å². The molecule has 0 unspecified atom stereocenters. The molecule has 0 spiro atoms. The zero-order valence-corrected chi connectivity index (χ0v) is 18.4. The Bertz CT molecular complexity index is 1210. The lowest BCUT2D eigenvalue weighted by atomic mass is 10.1. The minimum Gasteiger partial charge on any atom is -0.507 e. The van der Waals surface area contributed by atoms with Gasteiger partial charge < -0.3 is 9.84 Å². The summed E-state index contributed by atoms with van der Waals surface area (Å²) in [5.41, 5.74) is 3.48. The van der Waals surface area contributed by atoms with Crippen molar-refractivity contribution in [2.45, 2.75) is 6.92 Å². The van der Waals surface area contributed by atoms with Crippen molar-refractivity contribution in [3.05, 3.63) is 84.4 Å². The van der Waals surface area contributed by atoms with Crippen LogP contribution in [0.5, 0.6) is 17.2 Å². The van der Waals surface area contributed by atoms with Gasteiger partial charge >= 0.3 is 0 Å². The summed E-state index contributed by atoms with van der Waals surface area (Å²) in [5, 5.41) is 13.8. The topological polar surface area (TPSA) is 108 Å². The van der Waals surface area contributed by atoms with Crippen LogP contribution in [0.15, 0.2) is 84.0 Å². The van der Waals surface area contributed by atoms with Crippen molar-refractivity contribution in [3.8, 4) is 17.2 Å². The van der Waals surface area contributed by atoms with Crippen molar-refractivity contribution < 1.29 is 23.1 Å². The summed E-state index contributed by atoms with van der Waals surface area (Å²) < 4.78 is 31.3. The summed E-state index contributed by atoms with van der Waals surface area (Å²) in [6.07, 6.45) is 1.02. The van der Waals surface area contributed by atoms with E-state index >= 15 is 0 Å². The number of rotatable bonds is 8. The first kappa shape index (κ1) is 22.8. The fourth-order valence-electron chi connectivity index (χ4n) is 2.86. The van der Waals surface area contributed by atoms with Crippen LogP contribution in [0.1, 0.15) is 12.5 Å². The van der Waals surface area contributed by atoms with Crippen LogP contribution >= 0.6 is 0 Å². The first-order chi connectivity index (χ1) is 15.2. The normalized spacial score (nSPS) is 11.6. The molecule has 0 aliphatic heterocycles. The molecule has 1 amide bonds. The van der Waals surface area contributed by atoms with Gasteiger partial charge in [-0.15, -0.1) is 0 Å². The van der Waals surface area contributed by atoms with E-state index in [0.717, 1.165) is 10.6 Å². The van der Waals surface area contributed by atoms with E-state index in [1.54, 1.807) is 61.5 Å². The molecule has 3 rings (SSSR count). The van der Waals surface area contributed by atoms with Gasteiger partial charge in [-0.3, -0.25) is 9.10 Å². The zero-order chi connectivity index (χ0) is 23.1. The van der Waals surface area contributed by atoms with E-state index < -0.39 is 22.5 Å². The van der Waals surface area contributed by atoms with Crippen LogP contribution in [-0.2, 0) is 14.8 Å². The van der Waals surface area contributed by atoms with Crippen LogP contribution in [-0.4, -0.2) is 37.9 Å². The fraction of sp³-hybridized carbons (Fsp3) is 0.130. The van der Waals surface area contributed by atoms with Gasteiger partial charge in [0.15, 0.2) is 0 Å². The average molecular weight is 454 g/mol. The number of ether oxygens (including phenoxy) is 1. The maximum Gasteiger partial charge on any atom is 0.260 e. The van der Waals surface area contributed by atoms with Crippen molar-refractivity contribution >= 4 is 27.3 Å². The predicted octanol–water partition coefficient (Wildman–Crippen LogP) is 3.49. The second kappa shape index (κ2) is 9.97. The van der Waals surface area contributed by atoms with E-state index in [4.69, 9.17) is 4.74 Å². The van der Waals surface area contributed by atoms with Gasteiger partial charge in [0, 0.05) is 5.56 Å². The predicted molar refractivity (Wildman–Crippen MR) is 124 cm³/mol. The van der Waals surface area contributed by atoms with Gasteiger partial charge in [-0.1, -0.05) is 30.3 Å². The summed E-state index contributed by atoms with van der Waals surface area (Å²) in [6, 6.07) is 22.1. The van der Waals surface area contributed by atoms with E-state index in [-0.39, 0.29) is 5.75 Å². The molecule has 9 heteroatoms. The van der Waals surface area contributed by atoms with E-state index in [2.05, 4.69) is 10.5 Å². The number of amides is 1. The SMILES string of the molecule is C/C(=N/NC(=O)CN(c1ccc(Oc2ccccc2)cc1)S(C)(=O)=O)c1ccccc1O. The molecular formula is C23H23N3O5S. The van der Waals surface area contributed by atoms with Crippen molar-refractivity contribution in [1.82, 2.24) is 5.43 Å². The molecule has 0 atom stereocenters. The second-order valence-electron chi connectivity index (χ2n) is 6.93. The van der Waals surface area contributed by atoms with Crippen LogP contribution in [0.2, 0.25) is 0 Å². The Morgan fingerprint density at radius 3 is 2.19 bits per heavy atom. The molecule has 0 heterocycles. The number of aromatic hydroxyl groups is 1. The second-order valence-corrected chi connectivity index (χ2v) is 8.83. The Labute approximate surface area is 186 Å². The fourth-order valence-corrected chi connectivity index (χ4v) is 3.71. The van der Waals surface area contributed by atoms with Crippen LogP contribution in [0.4, 0.5) is 5.69 Å². The van der Waals surface area contributed by atoms with Crippen molar-refractivity contribution in [3.63, 3.8) is 0 Å². The monoisotopic (exact) mass is 453 g/mol. The number of phenolic OH excluding ortho intramolecular Hbond substituents is 1. The van der Waals surface area contributed by atoms with E-state index in [0.29, 0.717) is 28.5 Å². The molecule has 0 aliphatic rings. The number of phenols is 1. The van der Waals surface area contributed by atoms with Crippen molar-refractivity contribution in [2.24, 2.45) is 5.10 Å². The Balaban J connectivity index is 1.71. The molecule has 0 aliphatic carbocycles. The van der Waals surface area contributed by atoms with Gasteiger partial charge in [-0.2, -0.15) is 5.10 Å². The standard InChI is InChI=1S/C23H23N3O5S/c1-17(21-10-6-7-11-22(21)27)24-25-23(28)16-26(32(2,29)30)18-12-14-20(15-13-18)31-19-8-4-3-5-9-19/h3-15,27H,16H2,1-2H3,(H,25,28)/b24-17-. The van der Waals surface area contributed by atoms with Crippen LogP contribution < -0.4 is 14.5 Å². The lowest BCUT2D eigenvalue weighted by Crippen LogP contribution is -2.39. The largest absolute Gasteiger partial charge is 0.507 e. The van der Waals surface area contributed by atoms with E-state index in [9.17, 15) is 18.3 Å². The number of para-hydroxylation sites is 2. The molecule has 3 aromatic carbocycles. The first-order valence-corrected chi connectivity index (χ1v) is 11.5. The summed E-state index contributed by atoms with van der Waals surface area (Å²) in [7, 11) is -3.74. The summed E-state index contributed by atoms with van der Waals surface area (Å²) in [5.74, 6) is 0.575. The highest BCUT2D eigenvalue weighted by Gasteiger charge is 2.21. The van der Waals surface area contributed by atoms with Gasteiger partial charge in [0.05, 0.1) is 17.7 Å². The maximum atomic E-state index is 12.4. The number of hydrogen-bond acceptors (Lipinski definition) is 6. The summed E-state index contributed by atoms with van der Waals surface area (Å²) >= 11 is 0. The number of benzene rings is 3. The summed E-state index contributed by atoms with van der Waals surface area (Å²) in [4.78, 5) is 12.4. The number of nitrogens with one attached hydrogen (secondary N) is 1. The molecule has 0 radical (unpaired) electrons. The number of nitrogens with zero attached hydrogens (tertiary/aromatic N) is 2. The number of hydrazone groups is 1. The third kappa shape index (κ3) is 6.08. The lowest BCUT2D eigenvalue weighted by Gasteiger charge is -2.21. The molecule has 0 aromatic heterocycles. The first-order valence-electron chi connectivity index (χ1n) is 9.66. The van der Waals surface area contributed by atoms with Crippen molar-refractivity contribution in [1.29, 1.82) is 0 Å². The Hall–Kier alpha value is -3.85. The molecule has 0 saturated heterocycles. The number of anilines is 1. The Morgan fingerprint density at radius 1 is 0.969 bits per heavy atom. The minimum absolute atomic E-state index is 0.0265. The maximum absolute atomic E-state index is 12.4. The quantitative estimate of drug-likeness (QED) is 0.401. The highest BCUT2D eigenvalue weighted by molar-refractivity contribution is 7.92. The van der Waals surface area contributed by atoms with Crippen LogP contribution in [0.25, 0.3) is 0 Å². The van der Waals surface area contributed by atoms with Gasteiger partial charge in [-0.25, -0.2) is 13.8 Å². The molecule has 3 aromatic rings. The van der Waals surface area contributed by atoms with Crippen LogP contribution in [0, 0.1) is 0 Å². The molecular weight excluding hydrogens is 430 g/mol. The van der Waals surface area contributed by atoms with Crippen LogP contribution in [0.3, 0.4) is 0 Å². The van der Waals surface area contributed by atoms with Gasteiger partial charge in [0.1, 0.15) is 23.8 Å². The van der Waals surface area contributed by atoms with Gasteiger partial charge in [0.2, 0.25) is 10.0 Å². The summed E-state index contributed by atoms with van der Waals surface area (Å²) in [6.45, 7) is 1.16. The number of carbonyl (C=O) groups is 1. The van der Waals surface area contributed by atoms with Gasteiger partial charge in [0.25, 0.3) is 5.91 Å². The van der Waals surface area contributed by atoms with E-state index in [1.807, 2.05) is 18.2 Å². The smallest absolute Gasteiger partial charge is 0.260 e. The number of sulfonamides is 1. The molecule has 0 fully saturated rings. The molecule has 32 heavy (non-hydrogen) atoms. The number of hydrogen-bond donors (Lipinski definition) is 2. The Kier molecular flexibility index (Phi) is 7.11. The van der Waals surface area contributed by atoms with Crippen molar-refractivity contribution in [2.75, 3.05) is 17.1 Å². The lowest BCUT2D eigenvalue weighted by molar-refractivity contribution is -0.119. The zero-order valence-electron chi connectivity index (χ0n) is 17.6. The minimum atomic E-state index is -3.74. The highest BCUT2D eigenvalue weighted by Crippen LogP contribution is 2.25. The molecule has 166 valence electrons. The molecule has 8 nitrogen and oxygen atoms in total. The average Bonchev–Trinajstić information content (AvgIpc) is 2.77. The van der Waals surface area contributed by atoms with E-state index in [1.165, 1.54) is 6.07 Å². The number of carbonyl (C=O) groups excluding carboxylic acids is 1. The third-order valence-electron chi connectivity index (χ3n) is 4.43. The molecule has 2 N–H and O–H groups in total. The Morgan fingerprint density at radius 2 is 1.56 bits per heavy atom. The molecule has 0 bridgehead atoms. The highest BCUT2D eigenvalue weighted by atomic mass is 32.2. The third-order valence-corrected chi connectivity index (χ3v) is 5.57. The molecule has 0 saturated carbocycles.